The van der Waals surface area contributed by atoms with E-state index in [-0.39, 0.29) is 11.5 Å². The number of carbonyl (C=O) groups is 1. The van der Waals surface area contributed by atoms with Crippen LogP contribution in [0.3, 0.4) is 0 Å². The Morgan fingerprint density at radius 3 is 2.66 bits per heavy atom. The number of fused-ring (bicyclic) bond motifs is 1. The lowest BCUT2D eigenvalue weighted by atomic mass is 10.0. The van der Waals surface area contributed by atoms with Gasteiger partial charge in [-0.2, -0.15) is 0 Å². The molecule has 35 heavy (non-hydrogen) atoms. The summed E-state index contributed by atoms with van der Waals surface area (Å²) >= 11 is 6.69. The van der Waals surface area contributed by atoms with Crippen LogP contribution in [-0.4, -0.2) is 61.5 Å². The summed E-state index contributed by atoms with van der Waals surface area (Å²) in [6.07, 6.45) is 5.09. The lowest BCUT2D eigenvalue weighted by molar-refractivity contribution is -0.124. The molecule has 0 saturated carbocycles. The second-order valence-electron chi connectivity index (χ2n) is 8.58. The number of pyridine rings is 1. The van der Waals surface area contributed by atoms with Crippen molar-refractivity contribution in [1.82, 2.24) is 34.7 Å². The number of aryl methyl sites for hydroxylation is 2. The van der Waals surface area contributed by atoms with Crippen LogP contribution in [0.25, 0.3) is 33.4 Å². The topological polar surface area (TPSA) is 106 Å². The van der Waals surface area contributed by atoms with Crippen molar-refractivity contribution in [1.29, 1.82) is 0 Å². The molecule has 1 aromatic carbocycles. The predicted octanol–water partition coefficient (Wildman–Crippen LogP) is 2.62. The van der Waals surface area contributed by atoms with Gasteiger partial charge in [-0.3, -0.25) is 24.0 Å². The first-order chi connectivity index (χ1) is 16.9. The van der Waals surface area contributed by atoms with Crippen LogP contribution in [0.5, 0.6) is 0 Å². The van der Waals surface area contributed by atoms with Gasteiger partial charge in [0, 0.05) is 65.7 Å². The predicted molar refractivity (Wildman–Crippen MR) is 134 cm³/mol. The third kappa shape index (κ3) is 4.78. The van der Waals surface area contributed by atoms with Crippen molar-refractivity contribution >= 4 is 28.5 Å². The molecule has 0 aliphatic carbocycles. The Hall–Kier alpha value is -3.69. The van der Waals surface area contributed by atoms with E-state index in [1.165, 1.54) is 0 Å². The van der Waals surface area contributed by atoms with Gasteiger partial charge >= 0.3 is 0 Å². The van der Waals surface area contributed by atoms with Crippen LogP contribution >= 0.6 is 11.6 Å². The lowest BCUT2D eigenvalue weighted by Gasteiger charge is -2.26. The van der Waals surface area contributed by atoms with Gasteiger partial charge in [0.2, 0.25) is 5.91 Å². The van der Waals surface area contributed by atoms with E-state index in [0.29, 0.717) is 59.5 Å². The Labute approximate surface area is 206 Å². The van der Waals surface area contributed by atoms with Gasteiger partial charge in [0.15, 0.2) is 0 Å². The van der Waals surface area contributed by atoms with Crippen LogP contribution in [0.2, 0.25) is 5.02 Å². The standard InChI is InChI=1S/C25H24ClN7O2/c1-15-11-27-13-22(30-15)17-3-4-19(21(26)10-17)20-9-18-12-29-16(2)31-24(18)33(25(20)35)8-7-32-6-5-28-23(34)14-32/h3-4,9-13H,5-8,14H2,1-2H3,(H,28,34). The van der Waals surface area contributed by atoms with Gasteiger partial charge in [0.25, 0.3) is 5.56 Å². The number of nitrogens with zero attached hydrogens (tertiary/aromatic N) is 6. The molecule has 1 saturated heterocycles. The fraction of sp³-hybridized carbons (Fsp3) is 0.280. The molecule has 5 rings (SSSR count). The van der Waals surface area contributed by atoms with E-state index in [9.17, 15) is 9.59 Å². The van der Waals surface area contributed by atoms with E-state index in [4.69, 9.17) is 11.6 Å². The van der Waals surface area contributed by atoms with Crippen molar-refractivity contribution in [3.63, 3.8) is 0 Å². The molecule has 1 amide bonds. The minimum atomic E-state index is -0.193. The summed E-state index contributed by atoms with van der Waals surface area (Å²) in [6.45, 7) is 6.26. The smallest absolute Gasteiger partial charge is 0.260 e. The molecule has 9 nitrogen and oxygen atoms in total. The molecule has 4 heterocycles. The van der Waals surface area contributed by atoms with Gasteiger partial charge < -0.3 is 5.32 Å². The minimum absolute atomic E-state index is 0.00875. The Bertz CT molecular complexity index is 1500. The zero-order chi connectivity index (χ0) is 24.5. The van der Waals surface area contributed by atoms with Crippen LogP contribution in [0, 0.1) is 13.8 Å². The third-order valence-electron chi connectivity index (χ3n) is 6.01. The minimum Gasteiger partial charge on any atom is -0.354 e. The van der Waals surface area contributed by atoms with Crippen LogP contribution < -0.4 is 10.9 Å². The number of piperazine rings is 1. The quantitative estimate of drug-likeness (QED) is 0.459. The number of hydrogen-bond acceptors (Lipinski definition) is 7. The summed E-state index contributed by atoms with van der Waals surface area (Å²) < 4.78 is 1.65. The Kier molecular flexibility index (Phi) is 6.27. The van der Waals surface area contributed by atoms with E-state index >= 15 is 0 Å². The van der Waals surface area contributed by atoms with Gasteiger partial charge in [-0.05, 0) is 26.0 Å². The average Bonchev–Trinajstić information content (AvgIpc) is 2.83. The van der Waals surface area contributed by atoms with Gasteiger partial charge in [-0.25, -0.2) is 15.0 Å². The van der Waals surface area contributed by atoms with E-state index in [2.05, 4.69) is 25.3 Å². The normalized spacial score (nSPS) is 14.3. The van der Waals surface area contributed by atoms with E-state index in [1.807, 2.05) is 24.0 Å². The summed E-state index contributed by atoms with van der Waals surface area (Å²) in [6, 6.07) is 7.30. The molecule has 0 unspecified atom stereocenters. The monoisotopic (exact) mass is 489 g/mol. The zero-order valence-electron chi connectivity index (χ0n) is 19.5. The highest BCUT2D eigenvalue weighted by molar-refractivity contribution is 6.33. The molecule has 1 aliphatic rings. The summed E-state index contributed by atoms with van der Waals surface area (Å²) in [7, 11) is 0. The molecule has 4 aromatic rings. The number of benzene rings is 1. The van der Waals surface area contributed by atoms with Gasteiger partial charge in [-0.15, -0.1) is 0 Å². The number of aromatic nitrogens is 5. The molecule has 1 N–H and O–H groups in total. The van der Waals surface area contributed by atoms with E-state index in [1.54, 1.807) is 42.2 Å². The molecule has 1 aliphatic heterocycles. The first-order valence-electron chi connectivity index (χ1n) is 11.3. The second-order valence-corrected chi connectivity index (χ2v) is 8.98. The van der Waals surface area contributed by atoms with Crippen molar-refractivity contribution in [3.05, 3.63) is 69.8 Å². The number of nitrogens with one attached hydrogen (secondary N) is 1. The second kappa shape index (κ2) is 9.52. The van der Waals surface area contributed by atoms with Crippen LogP contribution in [0.4, 0.5) is 0 Å². The fourth-order valence-electron chi connectivity index (χ4n) is 4.26. The molecule has 0 bridgehead atoms. The molecule has 0 spiro atoms. The first-order valence-corrected chi connectivity index (χ1v) is 11.7. The van der Waals surface area contributed by atoms with Crippen LogP contribution in [-0.2, 0) is 11.3 Å². The third-order valence-corrected chi connectivity index (χ3v) is 6.33. The number of hydrogen-bond donors (Lipinski definition) is 1. The van der Waals surface area contributed by atoms with Crippen LogP contribution in [0.1, 0.15) is 11.5 Å². The molecule has 10 heteroatoms. The van der Waals surface area contributed by atoms with E-state index < -0.39 is 0 Å². The first kappa shape index (κ1) is 23.1. The summed E-state index contributed by atoms with van der Waals surface area (Å²) in [4.78, 5) is 45.1. The SMILES string of the molecule is Cc1cncc(-c2ccc(-c3cc4cnc(C)nc4n(CCN4CCNC(=O)C4)c3=O)c(Cl)c2)n1. The maximum absolute atomic E-state index is 13.7. The van der Waals surface area contributed by atoms with Gasteiger partial charge in [0.05, 0.1) is 24.1 Å². The van der Waals surface area contributed by atoms with Gasteiger partial charge in [0.1, 0.15) is 11.5 Å². The number of halogens is 1. The molecule has 3 aromatic heterocycles. The van der Waals surface area contributed by atoms with Crippen molar-refractivity contribution in [2.24, 2.45) is 0 Å². The number of amides is 1. The fourth-order valence-corrected chi connectivity index (χ4v) is 4.55. The Morgan fingerprint density at radius 1 is 1.03 bits per heavy atom. The molecular formula is C25H24ClN7O2. The largest absolute Gasteiger partial charge is 0.354 e. The summed E-state index contributed by atoms with van der Waals surface area (Å²) in [5.41, 5.74) is 3.80. The average molecular weight is 490 g/mol. The van der Waals surface area contributed by atoms with Crippen molar-refractivity contribution in [3.8, 4) is 22.4 Å². The Balaban J connectivity index is 1.56. The van der Waals surface area contributed by atoms with Crippen molar-refractivity contribution < 1.29 is 4.79 Å². The number of rotatable bonds is 5. The van der Waals surface area contributed by atoms with Crippen molar-refractivity contribution in [2.45, 2.75) is 20.4 Å². The Morgan fingerprint density at radius 2 is 1.89 bits per heavy atom. The van der Waals surface area contributed by atoms with Crippen LogP contribution in [0.15, 0.2) is 47.7 Å². The highest BCUT2D eigenvalue weighted by atomic mass is 35.5. The summed E-state index contributed by atoms with van der Waals surface area (Å²) in [5.74, 6) is 0.572. The van der Waals surface area contributed by atoms with E-state index in [0.717, 1.165) is 23.2 Å². The lowest BCUT2D eigenvalue weighted by Crippen LogP contribution is -2.48. The highest BCUT2D eigenvalue weighted by Gasteiger charge is 2.19. The summed E-state index contributed by atoms with van der Waals surface area (Å²) in [5, 5.41) is 4.00. The molecule has 1 fully saturated rings. The van der Waals surface area contributed by atoms with Crippen molar-refractivity contribution in [2.75, 3.05) is 26.2 Å². The number of carbonyl (C=O) groups excluding carboxylic acids is 1. The molecular weight excluding hydrogens is 466 g/mol. The zero-order valence-corrected chi connectivity index (χ0v) is 20.2. The maximum atomic E-state index is 13.7. The molecule has 0 radical (unpaired) electrons. The molecule has 0 atom stereocenters. The van der Waals surface area contributed by atoms with Gasteiger partial charge in [-0.1, -0.05) is 23.7 Å². The maximum Gasteiger partial charge on any atom is 0.260 e. The highest BCUT2D eigenvalue weighted by Crippen LogP contribution is 2.31. The molecule has 178 valence electrons.